The normalized spacial score (nSPS) is 11.6. The summed E-state index contributed by atoms with van der Waals surface area (Å²) in [5.74, 6) is -0.241. The zero-order chi connectivity index (χ0) is 13.4. The lowest BCUT2D eigenvalue weighted by molar-refractivity contribution is 0.0878. The Morgan fingerprint density at radius 3 is 2.67 bits per heavy atom. The van der Waals surface area contributed by atoms with Crippen LogP contribution in [-0.2, 0) is 4.74 Å². The molecule has 0 saturated heterocycles. The Morgan fingerprint density at radius 1 is 1.50 bits per heavy atom. The van der Waals surface area contributed by atoms with Crippen LogP contribution in [0.25, 0.3) is 0 Å². The van der Waals surface area contributed by atoms with Crippen molar-refractivity contribution in [3.8, 4) is 6.07 Å². The molecule has 1 unspecified atom stereocenters. The highest BCUT2D eigenvalue weighted by Crippen LogP contribution is 2.04. The number of methoxy groups -OCH3 is 1. The molecule has 5 heteroatoms. The minimum atomic E-state index is -0.241. The third kappa shape index (κ3) is 4.17. The van der Waals surface area contributed by atoms with Gasteiger partial charge in [0.2, 0.25) is 0 Å². The zero-order valence-corrected chi connectivity index (χ0v) is 10.2. The number of hydrogen-bond donors (Lipinski definition) is 2. The highest BCUT2D eigenvalue weighted by molar-refractivity contribution is 5.94. The second-order valence-corrected chi connectivity index (χ2v) is 3.83. The van der Waals surface area contributed by atoms with E-state index in [0.29, 0.717) is 24.2 Å². The lowest BCUT2D eigenvalue weighted by Gasteiger charge is -2.16. The molecule has 0 saturated carbocycles. The fourth-order valence-electron chi connectivity index (χ4n) is 1.52. The van der Waals surface area contributed by atoms with Gasteiger partial charge < -0.3 is 15.2 Å². The Labute approximate surface area is 106 Å². The van der Waals surface area contributed by atoms with E-state index in [1.165, 1.54) is 7.11 Å². The molecule has 0 bridgehead atoms. The first-order valence-electron chi connectivity index (χ1n) is 5.62. The van der Waals surface area contributed by atoms with Crippen molar-refractivity contribution >= 4 is 5.91 Å². The molecule has 96 valence electrons. The summed E-state index contributed by atoms with van der Waals surface area (Å²) in [4.78, 5) is 11.9. The predicted molar refractivity (Wildman–Crippen MR) is 66.0 cm³/mol. The van der Waals surface area contributed by atoms with Crippen LogP contribution in [0.5, 0.6) is 0 Å². The number of nitrogens with one attached hydrogen (secondary N) is 1. The van der Waals surface area contributed by atoms with Crippen LogP contribution in [0.4, 0.5) is 0 Å². The van der Waals surface area contributed by atoms with Gasteiger partial charge >= 0.3 is 0 Å². The molecule has 0 aliphatic heterocycles. The number of nitrogens with zero attached hydrogens (tertiary/aromatic N) is 1. The molecular formula is C13H16N2O3. The summed E-state index contributed by atoms with van der Waals surface area (Å²) in [7, 11) is 1.54. The quantitative estimate of drug-likeness (QED) is 0.775. The molecule has 1 aromatic rings. The van der Waals surface area contributed by atoms with Crippen molar-refractivity contribution < 1.29 is 14.6 Å². The van der Waals surface area contributed by atoms with Crippen LogP contribution in [0, 0.1) is 11.3 Å². The van der Waals surface area contributed by atoms with Gasteiger partial charge in [0.05, 0.1) is 24.3 Å². The third-order valence-corrected chi connectivity index (χ3v) is 2.46. The summed E-state index contributed by atoms with van der Waals surface area (Å²) in [6.45, 7) is 0.338. The molecule has 0 heterocycles. The van der Waals surface area contributed by atoms with Gasteiger partial charge in [-0.3, -0.25) is 4.79 Å². The van der Waals surface area contributed by atoms with Crippen LogP contribution in [0.2, 0.25) is 0 Å². The largest absolute Gasteiger partial charge is 0.396 e. The second kappa shape index (κ2) is 7.43. The van der Waals surface area contributed by atoms with E-state index in [2.05, 4.69) is 5.32 Å². The lowest BCUT2D eigenvalue weighted by atomic mass is 10.1. The number of carbonyl (C=O) groups is 1. The molecule has 0 aliphatic rings. The smallest absolute Gasteiger partial charge is 0.251 e. The van der Waals surface area contributed by atoms with E-state index in [-0.39, 0.29) is 18.6 Å². The molecule has 18 heavy (non-hydrogen) atoms. The molecule has 1 atom stereocenters. The van der Waals surface area contributed by atoms with Crippen LogP contribution in [0.3, 0.4) is 0 Å². The number of ether oxygens (including phenoxy) is 1. The van der Waals surface area contributed by atoms with Gasteiger partial charge in [0.25, 0.3) is 5.91 Å². The number of aliphatic hydroxyl groups excluding tert-OH is 1. The second-order valence-electron chi connectivity index (χ2n) is 3.83. The van der Waals surface area contributed by atoms with Crippen molar-refractivity contribution in [2.75, 3.05) is 20.3 Å². The molecule has 0 fully saturated rings. The van der Waals surface area contributed by atoms with Crippen molar-refractivity contribution in [3.63, 3.8) is 0 Å². The van der Waals surface area contributed by atoms with E-state index < -0.39 is 0 Å². The number of nitriles is 1. The maximum atomic E-state index is 11.9. The maximum Gasteiger partial charge on any atom is 0.251 e. The Morgan fingerprint density at radius 2 is 2.17 bits per heavy atom. The molecule has 0 aromatic heterocycles. The standard InChI is InChI=1S/C13H16N2O3/c1-18-9-12(6-7-16)15-13(17)11-4-2-10(8-14)3-5-11/h2-5,12,16H,6-7,9H2,1H3,(H,15,17). The molecule has 5 nitrogen and oxygen atoms in total. The lowest BCUT2D eigenvalue weighted by Crippen LogP contribution is -2.38. The topological polar surface area (TPSA) is 82.3 Å². The molecule has 0 aliphatic carbocycles. The number of amides is 1. The number of rotatable bonds is 6. The van der Waals surface area contributed by atoms with Crippen LogP contribution >= 0.6 is 0 Å². The average Bonchev–Trinajstić information content (AvgIpc) is 2.39. The SMILES string of the molecule is COCC(CCO)NC(=O)c1ccc(C#N)cc1. The Bertz CT molecular complexity index is 417. The van der Waals surface area contributed by atoms with Gasteiger partial charge in [-0.05, 0) is 30.7 Å². The predicted octanol–water partition coefficient (Wildman–Crippen LogP) is 0.685. The minimum Gasteiger partial charge on any atom is -0.396 e. The summed E-state index contributed by atoms with van der Waals surface area (Å²) in [5.41, 5.74) is 0.989. The molecular weight excluding hydrogens is 232 g/mol. The molecule has 1 aromatic carbocycles. The van der Waals surface area contributed by atoms with Gasteiger partial charge in [-0.1, -0.05) is 0 Å². The van der Waals surface area contributed by atoms with Crippen molar-refractivity contribution in [2.45, 2.75) is 12.5 Å². The van der Waals surface area contributed by atoms with Gasteiger partial charge in [0, 0.05) is 19.3 Å². The summed E-state index contributed by atoms with van der Waals surface area (Å²) in [6.07, 6.45) is 0.440. The van der Waals surface area contributed by atoms with Gasteiger partial charge in [-0.25, -0.2) is 0 Å². The summed E-state index contributed by atoms with van der Waals surface area (Å²) < 4.78 is 4.96. The highest BCUT2D eigenvalue weighted by atomic mass is 16.5. The zero-order valence-electron chi connectivity index (χ0n) is 10.2. The Kier molecular flexibility index (Phi) is 5.85. The van der Waals surface area contributed by atoms with E-state index in [1.54, 1.807) is 24.3 Å². The van der Waals surface area contributed by atoms with Gasteiger partial charge in [-0.2, -0.15) is 5.26 Å². The number of carbonyl (C=O) groups excluding carboxylic acids is 1. The molecule has 0 radical (unpaired) electrons. The number of aliphatic hydroxyl groups is 1. The first-order chi connectivity index (χ1) is 8.71. The van der Waals surface area contributed by atoms with Crippen LogP contribution in [-0.4, -0.2) is 37.4 Å². The summed E-state index contributed by atoms with van der Waals surface area (Å²) in [6, 6.07) is 8.14. The highest BCUT2D eigenvalue weighted by Gasteiger charge is 2.13. The fraction of sp³-hybridized carbons (Fsp3) is 0.385. The monoisotopic (exact) mass is 248 g/mol. The van der Waals surface area contributed by atoms with Crippen molar-refractivity contribution in [1.29, 1.82) is 5.26 Å². The third-order valence-electron chi connectivity index (χ3n) is 2.46. The fourth-order valence-corrected chi connectivity index (χ4v) is 1.52. The average molecular weight is 248 g/mol. The molecule has 2 N–H and O–H groups in total. The van der Waals surface area contributed by atoms with E-state index in [0.717, 1.165) is 0 Å². The van der Waals surface area contributed by atoms with Gasteiger partial charge in [-0.15, -0.1) is 0 Å². The van der Waals surface area contributed by atoms with Crippen molar-refractivity contribution in [2.24, 2.45) is 0 Å². The molecule has 1 rings (SSSR count). The van der Waals surface area contributed by atoms with E-state index >= 15 is 0 Å². The van der Waals surface area contributed by atoms with Crippen molar-refractivity contribution in [3.05, 3.63) is 35.4 Å². The van der Waals surface area contributed by atoms with Gasteiger partial charge in [0.15, 0.2) is 0 Å². The Balaban J connectivity index is 2.65. The molecule has 1 amide bonds. The summed E-state index contributed by atoms with van der Waals surface area (Å²) in [5, 5.41) is 20.3. The van der Waals surface area contributed by atoms with E-state index in [1.807, 2.05) is 6.07 Å². The van der Waals surface area contributed by atoms with Crippen molar-refractivity contribution in [1.82, 2.24) is 5.32 Å². The van der Waals surface area contributed by atoms with Crippen LogP contribution < -0.4 is 5.32 Å². The van der Waals surface area contributed by atoms with Gasteiger partial charge in [0.1, 0.15) is 0 Å². The van der Waals surface area contributed by atoms with E-state index in [9.17, 15) is 4.79 Å². The Hall–Kier alpha value is -1.90. The summed E-state index contributed by atoms with van der Waals surface area (Å²) >= 11 is 0. The number of hydrogen-bond acceptors (Lipinski definition) is 4. The first kappa shape index (κ1) is 14.2. The molecule has 0 spiro atoms. The van der Waals surface area contributed by atoms with E-state index in [4.69, 9.17) is 15.1 Å². The van der Waals surface area contributed by atoms with Crippen LogP contribution in [0.1, 0.15) is 22.3 Å². The number of benzene rings is 1. The maximum absolute atomic E-state index is 11.9. The first-order valence-corrected chi connectivity index (χ1v) is 5.62. The van der Waals surface area contributed by atoms with Crippen LogP contribution in [0.15, 0.2) is 24.3 Å². The minimum absolute atomic E-state index is 0.0122.